The summed E-state index contributed by atoms with van der Waals surface area (Å²) in [7, 11) is 0. The van der Waals surface area contributed by atoms with Gasteiger partial charge in [-0.05, 0) is 53.2 Å². The number of fused-ring (bicyclic) bond motifs is 1. The molecule has 1 aliphatic heterocycles. The van der Waals surface area contributed by atoms with E-state index < -0.39 is 0 Å². The van der Waals surface area contributed by atoms with E-state index in [0.717, 1.165) is 55.5 Å². The summed E-state index contributed by atoms with van der Waals surface area (Å²) in [4.78, 5) is 9.91. The second-order valence-electron chi connectivity index (χ2n) is 7.11. The molecule has 6 heteroatoms. The smallest absolute Gasteiger partial charge is 0.147 e. The molecule has 1 saturated heterocycles. The van der Waals surface area contributed by atoms with Crippen LogP contribution < -0.4 is 9.64 Å². The molecule has 0 amide bonds. The predicted octanol–water partition coefficient (Wildman–Crippen LogP) is 3.98. The number of thiophene rings is 1. The Morgan fingerprint density at radius 1 is 1.14 bits per heavy atom. The Labute approximate surface area is 175 Å². The molecule has 0 spiro atoms. The molecular formula is C23H27N3O2S. The highest BCUT2D eigenvalue weighted by atomic mass is 32.1. The van der Waals surface area contributed by atoms with Gasteiger partial charge in [-0.15, -0.1) is 11.3 Å². The summed E-state index contributed by atoms with van der Waals surface area (Å²) in [5, 5.41) is 12.3. The van der Waals surface area contributed by atoms with Crippen molar-refractivity contribution < 1.29 is 9.84 Å². The van der Waals surface area contributed by atoms with Crippen molar-refractivity contribution in [1.82, 2.24) is 9.88 Å². The molecule has 1 aromatic carbocycles. The van der Waals surface area contributed by atoms with E-state index in [1.54, 1.807) is 11.3 Å². The molecule has 0 unspecified atom stereocenters. The first-order valence-electron chi connectivity index (χ1n) is 10.1. The monoisotopic (exact) mass is 409 g/mol. The Balaban J connectivity index is 1.58. The Hall–Kier alpha value is -2.41. The van der Waals surface area contributed by atoms with Crippen LogP contribution in [0.5, 0.6) is 5.75 Å². The van der Waals surface area contributed by atoms with E-state index >= 15 is 0 Å². The first-order chi connectivity index (χ1) is 14.3. The summed E-state index contributed by atoms with van der Waals surface area (Å²) in [5.41, 5.74) is 2.01. The summed E-state index contributed by atoms with van der Waals surface area (Å²) in [6.45, 7) is 7.87. The maximum absolute atomic E-state index is 8.93. The van der Waals surface area contributed by atoms with Gasteiger partial charge in [0.2, 0.25) is 0 Å². The van der Waals surface area contributed by atoms with Gasteiger partial charge in [-0.3, -0.25) is 0 Å². The van der Waals surface area contributed by atoms with Gasteiger partial charge in [-0.1, -0.05) is 25.1 Å². The van der Waals surface area contributed by atoms with Gasteiger partial charge in [0.05, 0.1) is 17.0 Å². The van der Waals surface area contributed by atoms with Crippen LogP contribution in [0, 0.1) is 0 Å². The molecule has 1 fully saturated rings. The Morgan fingerprint density at radius 3 is 2.79 bits per heavy atom. The minimum absolute atomic E-state index is 0.0138. The average Bonchev–Trinajstić information content (AvgIpc) is 3.25. The SMILES string of the molecule is CCN1CCN(c2nc(C=Cc3cccc(OCCO)c3)cc3ccsc23)CC1. The molecule has 1 N–H and O–H groups in total. The molecule has 3 heterocycles. The van der Waals surface area contributed by atoms with Crippen molar-refractivity contribution in [3.05, 3.63) is 53.0 Å². The number of piperazine rings is 1. The molecule has 0 atom stereocenters. The standard InChI is InChI=1S/C23H27N3O2S/c1-2-25-9-11-26(12-10-25)23-22-19(8-15-29-22)17-20(24-23)7-6-18-4-3-5-21(16-18)28-14-13-27/h3-8,15-17,27H,2,9-14H2,1H3. The Kier molecular flexibility index (Phi) is 6.44. The maximum atomic E-state index is 8.93. The highest BCUT2D eigenvalue weighted by molar-refractivity contribution is 7.17. The molecule has 29 heavy (non-hydrogen) atoms. The zero-order valence-corrected chi connectivity index (χ0v) is 17.6. The Morgan fingerprint density at radius 2 is 2.00 bits per heavy atom. The van der Waals surface area contributed by atoms with E-state index in [1.807, 2.05) is 24.3 Å². The molecule has 5 nitrogen and oxygen atoms in total. The van der Waals surface area contributed by atoms with Gasteiger partial charge >= 0.3 is 0 Å². The van der Waals surface area contributed by atoms with Gasteiger partial charge in [0, 0.05) is 26.2 Å². The lowest BCUT2D eigenvalue weighted by Gasteiger charge is -2.35. The van der Waals surface area contributed by atoms with Gasteiger partial charge in [0.15, 0.2) is 0 Å². The van der Waals surface area contributed by atoms with Gasteiger partial charge < -0.3 is 19.6 Å². The van der Waals surface area contributed by atoms with E-state index in [4.69, 9.17) is 14.8 Å². The van der Waals surface area contributed by atoms with Crippen molar-refractivity contribution in [2.24, 2.45) is 0 Å². The fourth-order valence-corrected chi connectivity index (χ4v) is 4.50. The minimum Gasteiger partial charge on any atom is -0.491 e. The predicted molar refractivity (Wildman–Crippen MR) is 122 cm³/mol. The van der Waals surface area contributed by atoms with E-state index in [9.17, 15) is 0 Å². The van der Waals surface area contributed by atoms with Gasteiger partial charge in [0.1, 0.15) is 18.2 Å². The molecule has 0 radical (unpaired) electrons. The van der Waals surface area contributed by atoms with Crippen molar-refractivity contribution >= 4 is 39.4 Å². The van der Waals surface area contributed by atoms with Crippen LogP contribution in [0.2, 0.25) is 0 Å². The average molecular weight is 410 g/mol. The quantitative estimate of drug-likeness (QED) is 0.640. The summed E-state index contributed by atoms with van der Waals surface area (Å²) < 4.78 is 6.77. The number of ether oxygens (including phenoxy) is 1. The number of rotatable bonds is 7. The fraction of sp³-hybridized carbons (Fsp3) is 0.348. The minimum atomic E-state index is 0.0138. The van der Waals surface area contributed by atoms with Crippen LogP contribution in [0.15, 0.2) is 41.8 Å². The number of aliphatic hydroxyl groups excluding tert-OH is 1. The van der Waals surface area contributed by atoms with Crippen LogP contribution in [0.1, 0.15) is 18.2 Å². The topological polar surface area (TPSA) is 48.8 Å². The zero-order chi connectivity index (χ0) is 20.1. The number of hydrogen-bond donors (Lipinski definition) is 1. The van der Waals surface area contributed by atoms with Crippen molar-refractivity contribution in [3.63, 3.8) is 0 Å². The number of anilines is 1. The number of pyridine rings is 1. The third kappa shape index (κ3) is 4.78. The van der Waals surface area contributed by atoms with Crippen LogP contribution in [-0.2, 0) is 0 Å². The molecule has 0 bridgehead atoms. The van der Waals surface area contributed by atoms with E-state index in [0.29, 0.717) is 6.61 Å². The normalized spacial score (nSPS) is 15.4. The van der Waals surface area contributed by atoms with Crippen LogP contribution in [0.4, 0.5) is 5.82 Å². The highest BCUT2D eigenvalue weighted by Crippen LogP contribution is 2.32. The molecule has 0 aliphatic carbocycles. The summed E-state index contributed by atoms with van der Waals surface area (Å²) in [5.74, 6) is 1.87. The van der Waals surface area contributed by atoms with E-state index in [2.05, 4.69) is 46.4 Å². The molecule has 4 rings (SSSR count). The third-order valence-electron chi connectivity index (χ3n) is 5.22. The molecule has 1 aliphatic rings. The van der Waals surface area contributed by atoms with Crippen LogP contribution in [0.3, 0.4) is 0 Å². The van der Waals surface area contributed by atoms with Crippen molar-refractivity contribution in [3.8, 4) is 5.75 Å². The number of likely N-dealkylation sites (N-methyl/N-ethyl adjacent to an activating group) is 1. The van der Waals surface area contributed by atoms with E-state index in [1.165, 1.54) is 10.1 Å². The fourth-order valence-electron chi connectivity index (χ4n) is 3.61. The first-order valence-corrected chi connectivity index (χ1v) is 11.0. The maximum Gasteiger partial charge on any atom is 0.147 e. The summed E-state index contributed by atoms with van der Waals surface area (Å²) >= 11 is 1.77. The number of hydrogen-bond acceptors (Lipinski definition) is 6. The first kappa shape index (κ1) is 19.9. The highest BCUT2D eigenvalue weighted by Gasteiger charge is 2.19. The van der Waals surface area contributed by atoms with Crippen LogP contribution in [-0.4, -0.2) is 60.9 Å². The lowest BCUT2D eigenvalue weighted by Crippen LogP contribution is -2.46. The molecular weight excluding hydrogens is 382 g/mol. The number of aliphatic hydroxyl groups is 1. The molecule has 3 aromatic rings. The van der Waals surface area contributed by atoms with Gasteiger partial charge in [0.25, 0.3) is 0 Å². The summed E-state index contributed by atoms with van der Waals surface area (Å²) in [6.07, 6.45) is 4.12. The molecule has 2 aromatic heterocycles. The van der Waals surface area contributed by atoms with Crippen molar-refractivity contribution in [2.75, 3.05) is 50.8 Å². The van der Waals surface area contributed by atoms with E-state index in [-0.39, 0.29) is 6.61 Å². The van der Waals surface area contributed by atoms with Crippen LogP contribution in [0.25, 0.3) is 22.2 Å². The van der Waals surface area contributed by atoms with Crippen molar-refractivity contribution in [2.45, 2.75) is 6.92 Å². The van der Waals surface area contributed by atoms with Gasteiger partial charge in [-0.25, -0.2) is 4.98 Å². The zero-order valence-electron chi connectivity index (χ0n) is 16.8. The summed E-state index contributed by atoms with van der Waals surface area (Å²) in [6, 6.07) is 12.2. The number of aromatic nitrogens is 1. The number of nitrogens with zero attached hydrogens (tertiary/aromatic N) is 3. The largest absolute Gasteiger partial charge is 0.491 e. The second kappa shape index (κ2) is 9.39. The lowest BCUT2D eigenvalue weighted by molar-refractivity contribution is 0.201. The Bertz CT molecular complexity index is 977. The van der Waals surface area contributed by atoms with Crippen LogP contribution >= 0.6 is 11.3 Å². The molecule has 0 saturated carbocycles. The van der Waals surface area contributed by atoms with Crippen molar-refractivity contribution in [1.29, 1.82) is 0 Å². The molecule has 152 valence electrons. The van der Waals surface area contributed by atoms with Gasteiger partial charge in [-0.2, -0.15) is 0 Å². The second-order valence-corrected chi connectivity index (χ2v) is 8.02. The number of benzene rings is 1. The lowest BCUT2D eigenvalue weighted by atomic mass is 10.1. The third-order valence-corrected chi connectivity index (χ3v) is 6.15.